The molecule has 2 amide bonds. The van der Waals surface area contributed by atoms with Crippen molar-refractivity contribution in [3.05, 3.63) is 72.0 Å². The Morgan fingerprint density at radius 3 is 2.48 bits per heavy atom. The standard InChI is InChI=1S/C25H27N3O3/c26-25(30)19-9-12-22(28-15-5-2-6-16-28)21(17-19)27-24(29)14-11-20-10-13-23(31-20)18-7-3-1-4-8-18/h1,3-4,7-10,12-13,17H,2,5-6,11,14-16H2,(H2,26,30)(H,27,29). The van der Waals surface area contributed by atoms with Crippen LogP contribution in [0.4, 0.5) is 11.4 Å². The molecule has 0 radical (unpaired) electrons. The molecule has 6 nitrogen and oxygen atoms in total. The molecule has 160 valence electrons. The van der Waals surface area contributed by atoms with Crippen molar-refractivity contribution in [1.29, 1.82) is 0 Å². The summed E-state index contributed by atoms with van der Waals surface area (Å²) in [6.07, 6.45) is 4.22. The molecular weight excluding hydrogens is 390 g/mol. The summed E-state index contributed by atoms with van der Waals surface area (Å²) < 4.78 is 5.89. The molecule has 1 saturated heterocycles. The van der Waals surface area contributed by atoms with Gasteiger partial charge in [-0.1, -0.05) is 30.3 Å². The van der Waals surface area contributed by atoms with Gasteiger partial charge in [0, 0.05) is 37.1 Å². The number of piperidine rings is 1. The molecule has 0 bridgehead atoms. The van der Waals surface area contributed by atoms with Gasteiger partial charge in [-0.3, -0.25) is 9.59 Å². The Balaban J connectivity index is 1.43. The highest BCUT2D eigenvalue weighted by molar-refractivity contribution is 5.99. The van der Waals surface area contributed by atoms with Crippen LogP contribution in [0.5, 0.6) is 0 Å². The molecule has 3 aromatic rings. The molecule has 0 spiro atoms. The smallest absolute Gasteiger partial charge is 0.248 e. The van der Waals surface area contributed by atoms with E-state index in [1.165, 1.54) is 6.42 Å². The lowest BCUT2D eigenvalue weighted by atomic mass is 10.1. The van der Waals surface area contributed by atoms with Gasteiger partial charge < -0.3 is 20.4 Å². The number of primary amides is 1. The predicted octanol–water partition coefficient (Wildman–Crippen LogP) is 4.61. The van der Waals surface area contributed by atoms with E-state index in [2.05, 4.69) is 10.2 Å². The molecule has 0 aliphatic carbocycles. The Kier molecular flexibility index (Phi) is 6.36. The number of hydrogen-bond acceptors (Lipinski definition) is 4. The van der Waals surface area contributed by atoms with Crippen molar-refractivity contribution in [3.8, 4) is 11.3 Å². The van der Waals surface area contributed by atoms with Crippen LogP contribution in [0.25, 0.3) is 11.3 Å². The average Bonchev–Trinajstić information content (AvgIpc) is 3.28. The molecule has 1 aromatic heterocycles. The van der Waals surface area contributed by atoms with Gasteiger partial charge in [0.05, 0.1) is 11.4 Å². The minimum Gasteiger partial charge on any atom is -0.461 e. The fourth-order valence-corrected chi connectivity index (χ4v) is 3.92. The van der Waals surface area contributed by atoms with Crippen LogP contribution in [0.1, 0.15) is 41.8 Å². The quantitative estimate of drug-likeness (QED) is 0.588. The molecule has 0 saturated carbocycles. The summed E-state index contributed by atoms with van der Waals surface area (Å²) in [7, 11) is 0. The van der Waals surface area contributed by atoms with Gasteiger partial charge in [-0.15, -0.1) is 0 Å². The van der Waals surface area contributed by atoms with Gasteiger partial charge in [0.15, 0.2) is 0 Å². The number of rotatable bonds is 7. The summed E-state index contributed by atoms with van der Waals surface area (Å²) in [5.74, 6) is 0.913. The molecule has 1 aliphatic rings. The van der Waals surface area contributed by atoms with Crippen molar-refractivity contribution >= 4 is 23.2 Å². The summed E-state index contributed by atoms with van der Waals surface area (Å²) in [5, 5.41) is 2.98. The fraction of sp³-hybridized carbons (Fsp3) is 0.280. The molecule has 0 atom stereocenters. The van der Waals surface area contributed by atoms with Gasteiger partial charge in [0.2, 0.25) is 11.8 Å². The van der Waals surface area contributed by atoms with Crippen LogP contribution in [-0.4, -0.2) is 24.9 Å². The van der Waals surface area contributed by atoms with E-state index in [0.29, 0.717) is 17.7 Å². The molecule has 6 heteroatoms. The van der Waals surface area contributed by atoms with Crippen molar-refractivity contribution in [2.45, 2.75) is 32.1 Å². The largest absolute Gasteiger partial charge is 0.461 e. The van der Waals surface area contributed by atoms with Crippen LogP contribution < -0.4 is 16.0 Å². The Bertz CT molecular complexity index is 1050. The molecule has 31 heavy (non-hydrogen) atoms. The first-order valence-electron chi connectivity index (χ1n) is 10.7. The molecule has 4 rings (SSSR count). The van der Waals surface area contributed by atoms with Crippen molar-refractivity contribution < 1.29 is 14.0 Å². The maximum Gasteiger partial charge on any atom is 0.248 e. The number of anilines is 2. The van der Waals surface area contributed by atoms with Crippen LogP contribution >= 0.6 is 0 Å². The van der Waals surface area contributed by atoms with Gasteiger partial charge in [-0.25, -0.2) is 0 Å². The maximum atomic E-state index is 12.7. The second-order valence-electron chi connectivity index (χ2n) is 7.82. The minimum atomic E-state index is -0.510. The number of hydrogen-bond donors (Lipinski definition) is 2. The summed E-state index contributed by atoms with van der Waals surface area (Å²) in [5.41, 5.74) is 8.41. The third-order valence-corrected chi connectivity index (χ3v) is 5.57. The van der Waals surface area contributed by atoms with E-state index < -0.39 is 5.91 Å². The summed E-state index contributed by atoms with van der Waals surface area (Å²) >= 11 is 0. The van der Waals surface area contributed by atoms with Crippen molar-refractivity contribution in [3.63, 3.8) is 0 Å². The number of amides is 2. The highest BCUT2D eigenvalue weighted by Gasteiger charge is 2.18. The zero-order chi connectivity index (χ0) is 21.6. The molecule has 2 heterocycles. The minimum absolute atomic E-state index is 0.127. The number of nitrogens with two attached hydrogens (primary N) is 1. The van der Waals surface area contributed by atoms with Crippen LogP contribution in [0.3, 0.4) is 0 Å². The van der Waals surface area contributed by atoms with E-state index in [4.69, 9.17) is 10.2 Å². The van der Waals surface area contributed by atoms with Gasteiger partial charge in [0.1, 0.15) is 11.5 Å². The normalized spacial score (nSPS) is 13.7. The lowest BCUT2D eigenvalue weighted by molar-refractivity contribution is -0.116. The lowest BCUT2D eigenvalue weighted by Gasteiger charge is -2.30. The van der Waals surface area contributed by atoms with Gasteiger partial charge >= 0.3 is 0 Å². The zero-order valence-electron chi connectivity index (χ0n) is 17.5. The summed E-state index contributed by atoms with van der Waals surface area (Å²) in [6.45, 7) is 1.88. The number of furan rings is 1. The monoisotopic (exact) mass is 417 g/mol. The number of nitrogens with zero attached hydrogens (tertiary/aromatic N) is 1. The number of nitrogens with one attached hydrogen (secondary N) is 1. The zero-order valence-corrected chi connectivity index (χ0v) is 17.5. The number of carbonyl (C=O) groups is 2. The third-order valence-electron chi connectivity index (χ3n) is 5.57. The lowest BCUT2D eigenvalue weighted by Crippen LogP contribution is -2.30. The predicted molar refractivity (Wildman–Crippen MR) is 122 cm³/mol. The van der Waals surface area contributed by atoms with Gasteiger partial charge in [0.25, 0.3) is 0 Å². The van der Waals surface area contributed by atoms with Gasteiger partial charge in [-0.05, 0) is 49.6 Å². The van der Waals surface area contributed by atoms with Crippen molar-refractivity contribution in [1.82, 2.24) is 0 Å². The maximum absolute atomic E-state index is 12.7. The highest BCUT2D eigenvalue weighted by Crippen LogP contribution is 2.30. The highest BCUT2D eigenvalue weighted by atomic mass is 16.3. The Hall–Kier alpha value is -3.54. The number of carbonyl (C=O) groups excluding carboxylic acids is 2. The van der Waals surface area contributed by atoms with Crippen LogP contribution in [-0.2, 0) is 11.2 Å². The van der Waals surface area contributed by atoms with Crippen LogP contribution in [0.2, 0.25) is 0 Å². The SMILES string of the molecule is NC(=O)c1ccc(N2CCCCC2)c(NC(=O)CCc2ccc(-c3ccccc3)o2)c1. The second kappa shape index (κ2) is 9.51. The molecule has 1 aliphatic heterocycles. The van der Waals surface area contributed by atoms with E-state index in [9.17, 15) is 9.59 Å². The van der Waals surface area contributed by atoms with E-state index in [1.54, 1.807) is 12.1 Å². The molecule has 3 N–H and O–H groups in total. The first-order chi connectivity index (χ1) is 15.1. The van der Waals surface area contributed by atoms with E-state index in [0.717, 1.165) is 48.7 Å². The second-order valence-corrected chi connectivity index (χ2v) is 7.82. The molecular formula is C25H27N3O3. The fourth-order valence-electron chi connectivity index (χ4n) is 3.92. The molecule has 1 fully saturated rings. The third kappa shape index (κ3) is 5.15. The first-order valence-corrected chi connectivity index (χ1v) is 10.7. The number of benzene rings is 2. The molecule has 2 aromatic carbocycles. The Morgan fingerprint density at radius 1 is 0.968 bits per heavy atom. The topological polar surface area (TPSA) is 88.6 Å². The van der Waals surface area contributed by atoms with E-state index >= 15 is 0 Å². The molecule has 0 unspecified atom stereocenters. The van der Waals surface area contributed by atoms with E-state index in [1.807, 2.05) is 48.5 Å². The Morgan fingerprint density at radius 2 is 1.74 bits per heavy atom. The number of aryl methyl sites for hydroxylation is 1. The average molecular weight is 418 g/mol. The van der Waals surface area contributed by atoms with E-state index in [-0.39, 0.29) is 12.3 Å². The first kappa shape index (κ1) is 20.7. The van der Waals surface area contributed by atoms with Crippen LogP contribution in [0.15, 0.2) is 65.1 Å². The van der Waals surface area contributed by atoms with Crippen molar-refractivity contribution in [2.24, 2.45) is 5.73 Å². The van der Waals surface area contributed by atoms with Crippen molar-refractivity contribution in [2.75, 3.05) is 23.3 Å². The Labute approximate surface area is 182 Å². The van der Waals surface area contributed by atoms with Gasteiger partial charge in [-0.2, -0.15) is 0 Å². The van der Waals surface area contributed by atoms with Crippen LogP contribution in [0, 0.1) is 0 Å². The summed E-state index contributed by atoms with van der Waals surface area (Å²) in [6, 6.07) is 19.0. The summed E-state index contributed by atoms with van der Waals surface area (Å²) in [4.78, 5) is 26.6.